The Hall–Kier alpha value is -1.14. The first kappa shape index (κ1) is 25.5. The quantitative estimate of drug-likeness (QED) is 0.164. The molecule has 3 aliphatic rings. The highest BCUT2D eigenvalue weighted by molar-refractivity contribution is 5.81. The minimum absolute atomic E-state index is 0.0397. The SMILES string of the molecule is CCCCCCCCC1OC1CCCCCCCCOC(=O)C1CC2OC2CC1C(=O)O. The molecule has 184 valence electrons. The number of carboxylic acids is 1. The minimum Gasteiger partial charge on any atom is -0.481 e. The van der Waals surface area contributed by atoms with Crippen LogP contribution in [-0.2, 0) is 23.8 Å². The van der Waals surface area contributed by atoms with Crippen LogP contribution in [0.1, 0.15) is 110 Å². The molecular weight excluding hydrogens is 408 g/mol. The fraction of sp³-hybridized carbons (Fsp3) is 0.923. The van der Waals surface area contributed by atoms with Gasteiger partial charge in [0.15, 0.2) is 0 Å². The Balaban J connectivity index is 1.10. The van der Waals surface area contributed by atoms with Crippen LogP contribution < -0.4 is 0 Å². The molecule has 0 radical (unpaired) electrons. The first-order chi connectivity index (χ1) is 15.6. The molecule has 0 amide bonds. The number of epoxide rings is 2. The Kier molecular flexibility index (Phi) is 10.8. The van der Waals surface area contributed by atoms with Gasteiger partial charge in [-0.1, -0.05) is 77.6 Å². The zero-order chi connectivity index (χ0) is 22.8. The van der Waals surface area contributed by atoms with Gasteiger partial charge in [0, 0.05) is 0 Å². The van der Waals surface area contributed by atoms with E-state index in [0.717, 1.165) is 19.3 Å². The van der Waals surface area contributed by atoms with Crippen LogP contribution in [0.2, 0.25) is 0 Å². The normalized spacial score (nSPS) is 30.5. The Morgan fingerprint density at radius 3 is 1.88 bits per heavy atom. The summed E-state index contributed by atoms with van der Waals surface area (Å²) in [5.41, 5.74) is 0. The highest BCUT2D eigenvalue weighted by Gasteiger charge is 2.53. The molecule has 0 bridgehead atoms. The number of esters is 1. The first-order valence-corrected chi connectivity index (χ1v) is 13.3. The molecule has 1 saturated carbocycles. The Morgan fingerprint density at radius 2 is 1.28 bits per heavy atom. The molecule has 6 atom stereocenters. The molecule has 0 aromatic rings. The summed E-state index contributed by atoms with van der Waals surface area (Å²) < 4.78 is 16.6. The Bertz CT molecular complexity index is 579. The van der Waals surface area contributed by atoms with Gasteiger partial charge in [-0.2, -0.15) is 0 Å². The summed E-state index contributed by atoms with van der Waals surface area (Å²) in [7, 11) is 0. The van der Waals surface area contributed by atoms with Gasteiger partial charge in [0.1, 0.15) is 0 Å². The second-order valence-corrected chi connectivity index (χ2v) is 10.1. The molecule has 3 rings (SSSR count). The maximum atomic E-state index is 12.3. The topological polar surface area (TPSA) is 88.7 Å². The van der Waals surface area contributed by atoms with Crippen LogP contribution in [-0.4, -0.2) is 48.1 Å². The lowest BCUT2D eigenvalue weighted by Crippen LogP contribution is -2.36. The standard InChI is InChI=1S/C26H44O6/c1-2-3-4-5-8-11-14-21-22(31-21)15-12-9-6-7-10-13-16-30-26(29)20-18-24-23(32-24)17-19(20)25(27)28/h19-24H,2-18H2,1H3,(H,27,28). The van der Waals surface area contributed by atoms with Crippen molar-refractivity contribution in [3.8, 4) is 0 Å². The van der Waals surface area contributed by atoms with Gasteiger partial charge in [-0.25, -0.2) is 0 Å². The molecule has 1 aliphatic carbocycles. The van der Waals surface area contributed by atoms with Crippen LogP contribution in [0.15, 0.2) is 0 Å². The fourth-order valence-corrected chi connectivity index (χ4v) is 5.20. The van der Waals surface area contributed by atoms with Crippen LogP contribution in [0.5, 0.6) is 0 Å². The van der Waals surface area contributed by atoms with Gasteiger partial charge in [-0.15, -0.1) is 0 Å². The molecule has 2 saturated heterocycles. The number of hydrogen-bond donors (Lipinski definition) is 1. The van der Waals surface area contributed by atoms with Crippen molar-refractivity contribution in [2.24, 2.45) is 11.8 Å². The number of carbonyl (C=O) groups excluding carboxylic acids is 1. The summed E-state index contributed by atoms with van der Waals surface area (Å²) in [6, 6.07) is 0. The summed E-state index contributed by atoms with van der Waals surface area (Å²) in [6.07, 6.45) is 19.4. The van der Waals surface area contributed by atoms with E-state index >= 15 is 0 Å². The van der Waals surface area contributed by atoms with Crippen LogP contribution >= 0.6 is 0 Å². The second kappa shape index (κ2) is 13.5. The number of carboxylic acid groups (broad SMARTS) is 1. The number of rotatable bonds is 18. The fourth-order valence-electron chi connectivity index (χ4n) is 5.20. The lowest BCUT2D eigenvalue weighted by atomic mass is 9.79. The van der Waals surface area contributed by atoms with Crippen molar-refractivity contribution in [1.82, 2.24) is 0 Å². The molecule has 0 aromatic carbocycles. The molecular formula is C26H44O6. The highest BCUT2D eigenvalue weighted by atomic mass is 16.6. The van der Waals surface area contributed by atoms with E-state index in [0.29, 0.717) is 31.7 Å². The summed E-state index contributed by atoms with van der Waals surface area (Å²) in [5, 5.41) is 9.36. The minimum atomic E-state index is -0.911. The third kappa shape index (κ3) is 8.66. The highest BCUT2D eigenvalue weighted by Crippen LogP contribution is 2.43. The van der Waals surface area contributed by atoms with E-state index in [-0.39, 0.29) is 18.2 Å². The maximum Gasteiger partial charge on any atom is 0.309 e. The third-order valence-corrected chi connectivity index (χ3v) is 7.42. The Morgan fingerprint density at radius 1 is 0.750 bits per heavy atom. The zero-order valence-electron chi connectivity index (χ0n) is 20.0. The van der Waals surface area contributed by atoms with Gasteiger partial charge in [0.25, 0.3) is 0 Å². The zero-order valence-corrected chi connectivity index (χ0v) is 20.0. The van der Waals surface area contributed by atoms with E-state index < -0.39 is 17.8 Å². The predicted molar refractivity (Wildman–Crippen MR) is 122 cm³/mol. The van der Waals surface area contributed by atoms with E-state index in [1.807, 2.05) is 0 Å². The molecule has 32 heavy (non-hydrogen) atoms. The first-order valence-electron chi connectivity index (χ1n) is 13.3. The summed E-state index contributed by atoms with van der Waals surface area (Å²) in [4.78, 5) is 23.7. The van der Waals surface area contributed by atoms with Crippen molar-refractivity contribution in [3.63, 3.8) is 0 Å². The maximum absolute atomic E-state index is 12.3. The van der Waals surface area contributed by atoms with Gasteiger partial charge < -0.3 is 19.3 Å². The smallest absolute Gasteiger partial charge is 0.309 e. The van der Waals surface area contributed by atoms with Crippen LogP contribution in [0.4, 0.5) is 0 Å². The van der Waals surface area contributed by atoms with Gasteiger partial charge in [0.2, 0.25) is 0 Å². The molecule has 3 fully saturated rings. The van der Waals surface area contributed by atoms with Crippen molar-refractivity contribution >= 4 is 11.9 Å². The number of fused-ring (bicyclic) bond motifs is 1. The molecule has 2 heterocycles. The monoisotopic (exact) mass is 452 g/mol. The number of ether oxygens (including phenoxy) is 3. The van der Waals surface area contributed by atoms with Gasteiger partial charge in [0.05, 0.1) is 42.9 Å². The number of unbranched alkanes of at least 4 members (excludes halogenated alkanes) is 10. The van der Waals surface area contributed by atoms with Gasteiger partial charge in [-0.05, 0) is 32.1 Å². The summed E-state index contributed by atoms with van der Waals surface area (Å²) >= 11 is 0. The lowest BCUT2D eigenvalue weighted by molar-refractivity contribution is -0.159. The molecule has 6 unspecified atom stereocenters. The molecule has 1 N–H and O–H groups in total. The average Bonchev–Trinajstić information content (AvgIpc) is 3.69. The van der Waals surface area contributed by atoms with Crippen molar-refractivity contribution in [2.75, 3.05) is 6.61 Å². The molecule has 2 aliphatic heterocycles. The van der Waals surface area contributed by atoms with E-state index in [9.17, 15) is 14.7 Å². The van der Waals surface area contributed by atoms with E-state index in [4.69, 9.17) is 14.2 Å². The van der Waals surface area contributed by atoms with Crippen LogP contribution in [0.25, 0.3) is 0 Å². The number of carbonyl (C=O) groups is 2. The Labute approximate surface area is 193 Å². The van der Waals surface area contributed by atoms with Crippen molar-refractivity contribution < 1.29 is 28.9 Å². The number of aliphatic carboxylic acids is 1. The van der Waals surface area contributed by atoms with E-state index in [1.54, 1.807) is 0 Å². The molecule has 6 nitrogen and oxygen atoms in total. The van der Waals surface area contributed by atoms with E-state index in [2.05, 4.69) is 6.92 Å². The van der Waals surface area contributed by atoms with E-state index in [1.165, 1.54) is 70.6 Å². The van der Waals surface area contributed by atoms with Crippen LogP contribution in [0.3, 0.4) is 0 Å². The third-order valence-electron chi connectivity index (χ3n) is 7.42. The predicted octanol–water partition coefficient (Wildman–Crippen LogP) is 5.66. The van der Waals surface area contributed by atoms with Crippen molar-refractivity contribution in [2.45, 2.75) is 134 Å². The largest absolute Gasteiger partial charge is 0.481 e. The molecule has 6 heteroatoms. The average molecular weight is 453 g/mol. The second-order valence-electron chi connectivity index (χ2n) is 10.1. The van der Waals surface area contributed by atoms with Crippen molar-refractivity contribution in [1.29, 1.82) is 0 Å². The van der Waals surface area contributed by atoms with Gasteiger partial charge >= 0.3 is 11.9 Å². The van der Waals surface area contributed by atoms with Gasteiger partial charge in [-0.3, -0.25) is 9.59 Å². The van der Waals surface area contributed by atoms with Crippen LogP contribution in [0, 0.1) is 11.8 Å². The molecule has 0 aromatic heterocycles. The molecule has 0 spiro atoms. The summed E-state index contributed by atoms with van der Waals surface area (Å²) in [6.45, 7) is 2.65. The number of hydrogen-bond acceptors (Lipinski definition) is 5. The lowest BCUT2D eigenvalue weighted by Gasteiger charge is -2.24. The summed E-state index contributed by atoms with van der Waals surface area (Å²) in [5.74, 6) is -2.48. The van der Waals surface area contributed by atoms with Crippen molar-refractivity contribution in [3.05, 3.63) is 0 Å².